The molecular weight excluding hydrogens is 187 g/mol. The SMILES string of the molecule is NCC(F)(Cc1cncs1)C1CC1. The highest BCUT2D eigenvalue weighted by atomic mass is 32.1. The van der Waals surface area contributed by atoms with Gasteiger partial charge in [-0.2, -0.15) is 0 Å². The Hall–Kier alpha value is -0.480. The predicted molar refractivity (Wildman–Crippen MR) is 51.4 cm³/mol. The lowest BCUT2D eigenvalue weighted by Crippen LogP contribution is -2.37. The lowest BCUT2D eigenvalue weighted by molar-refractivity contribution is 0.143. The molecule has 4 heteroatoms. The van der Waals surface area contributed by atoms with Gasteiger partial charge in [-0.05, 0) is 18.8 Å². The first-order valence-electron chi connectivity index (χ1n) is 4.51. The molecule has 1 unspecified atom stereocenters. The monoisotopic (exact) mass is 200 g/mol. The maximum atomic E-state index is 14.1. The molecule has 0 radical (unpaired) electrons. The first-order chi connectivity index (χ1) is 6.24. The summed E-state index contributed by atoms with van der Waals surface area (Å²) in [7, 11) is 0. The zero-order chi connectivity index (χ0) is 9.31. The number of halogens is 1. The Labute approximate surface area is 81.0 Å². The smallest absolute Gasteiger partial charge is 0.130 e. The quantitative estimate of drug-likeness (QED) is 0.804. The Morgan fingerprint density at radius 3 is 2.92 bits per heavy atom. The van der Waals surface area contributed by atoms with Crippen LogP contribution in [0.1, 0.15) is 17.7 Å². The summed E-state index contributed by atoms with van der Waals surface area (Å²) in [5.74, 6) is 0.194. The molecule has 1 heterocycles. The molecule has 1 aliphatic carbocycles. The van der Waals surface area contributed by atoms with Crippen molar-refractivity contribution >= 4 is 11.3 Å². The molecule has 1 aromatic heterocycles. The van der Waals surface area contributed by atoms with Gasteiger partial charge in [-0.15, -0.1) is 11.3 Å². The summed E-state index contributed by atoms with van der Waals surface area (Å²) in [6, 6.07) is 0. The van der Waals surface area contributed by atoms with Crippen LogP contribution in [0, 0.1) is 5.92 Å². The Morgan fingerprint density at radius 2 is 2.46 bits per heavy atom. The Kier molecular flexibility index (Phi) is 2.34. The van der Waals surface area contributed by atoms with E-state index in [1.54, 1.807) is 11.7 Å². The van der Waals surface area contributed by atoms with Crippen LogP contribution in [0.4, 0.5) is 4.39 Å². The van der Waals surface area contributed by atoms with Crippen molar-refractivity contribution in [3.63, 3.8) is 0 Å². The number of hydrogen-bond acceptors (Lipinski definition) is 3. The summed E-state index contributed by atoms with van der Waals surface area (Å²) in [5.41, 5.74) is 6.03. The number of thiazole rings is 1. The van der Waals surface area contributed by atoms with Gasteiger partial charge in [0.1, 0.15) is 5.67 Å². The molecule has 0 aromatic carbocycles. The average molecular weight is 200 g/mol. The van der Waals surface area contributed by atoms with E-state index < -0.39 is 5.67 Å². The lowest BCUT2D eigenvalue weighted by atomic mass is 9.95. The fourth-order valence-electron chi connectivity index (χ4n) is 1.60. The Balaban J connectivity index is 2.05. The molecule has 0 aliphatic heterocycles. The summed E-state index contributed by atoms with van der Waals surface area (Å²) in [6.45, 7) is 0.134. The number of rotatable bonds is 4. The summed E-state index contributed by atoms with van der Waals surface area (Å²) in [6.07, 6.45) is 4.16. The molecule has 1 saturated carbocycles. The van der Waals surface area contributed by atoms with E-state index >= 15 is 0 Å². The Bertz CT molecular complexity index is 271. The average Bonchev–Trinajstić information content (AvgIpc) is 2.88. The maximum Gasteiger partial charge on any atom is 0.130 e. The molecule has 1 atom stereocenters. The van der Waals surface area contributed by atoms with E-state index in [4.69, 9.17) is 5.73 Å². The van der Waals surface area contributed by atoms with Crippen molar-refractivity contribution in [3.8, 4) is 0 Å². The molecule has 2 rings (SSSR count). The van der Waals surface area contributed by atoms with Gasteiger partial charge in [0.2, 0.25) is 0 Å². The number of aromatic nitrogens is 1. The van der Waals surface area contributed by atoms with Crippen LogP contribution in [0.2, 0.25) is 0 Å². The van der Waals surface area contributed by atoms with Crippen LogP contribution < -0.4 is 5.73 Å². The number of nitrogens with two attached hydrogens (primary N) is 1. The molecular formula is C9H13FN2S. The third-order valence-electron chi connectivity index (χ3n) is 2.60. The van der Waals surface area contributed by atoms with Gasteiger partial charge in [0.25, 0.3) is 0 Å². The van der Waals surface area contributed by atoms with Crippen molar-refractivity contribution in [2.24, 2.45) is 11.7 Å². The highest BCUT2D eigenvalue weighted by Gasteiger charge is 2.44. The molecule has 0 saturated heterocycles. The molecule has 1 aliphatic rings. The molecule has 72 valence electrons. The van der Waals surface area contributed by atoms with Crippen LogP contribution in [0.5, 0.6) is 0 Å². The van der Waals surface area contributed by atoms with E-state index in [2.05, 4.69) is 4.98 Å². The van der Waals surface area contributed by atoms with Gasteiger partial charge in [0, 0.05) is 24.0 Å². The highest BCUT2D eigenvalue weighted by molar-refractivity contribution is 7.09. The first-order valence-corrected chi connectivity index (χ1v) is 5.39. The van der Waals surface area contributed by atoms with Crippen LogP contribution in [0.15, 0.2) is 11.7 Å². The van der Waals surface area contributed by atoms with Gasteiger partial charge >= 0.3 is 0 Å². The predicted octanol–water partition coefficient (Wildman–Crippen LogP) is 1.76. The van der Waals surface area contributed by atoms with Gasteiger partial charge in [0.05, 0.1) is 5.51 Å². The van der Waals surface area contributed by atoms with Gasteiger partial charge < -0.3 is 5.73 Å². The Morgan fingerprint density at radius 1 is 1.69 bits per heavy atom. The van der Waals surface area contributed by atoms with Crippen molar-refractivity contribution in [1.29, 1.82) is 0 Å². The highest BCUT2D eigenvalue weighted by Crippen LogP contribution is 2.43. The van der Waals surface area contributed by atoms with Crippen LogP contribution >= 0.6 is 11.3 Å². The summed E-state index contributed by atoms with van der Waals surface area (Å²) >= 11 is 1.50. The molecule has 0 spiro atoms. The normalized spacial score (nSPS) is 21.4. The second-order valence-electron chi connectivity index (χ2n) is 3.66. The van der Waals surface area contributed by atoms with Crippen LogP contribution in [0.25, 0.3) is 0 Å². The van der Waals surface area contributed by atoms with Crippen LogP contribution in [-0.4, -0.2) is 17.2 Å². The number of nitrogens with zero attached hydrogens (tertiary/aromatic N) is 1. The minimum Gasteiger partial charge on any atom is -0.328 e. The summed E-state index contributed by atoms with van der Waals surface area (Å²) in [5, 5.41) is 0. The van der Waals surface area contributed by atoms with Crippen molar-refractivity contribution < 1.29 is 4.39 Å². The summed E-state index contributed by atoms with van der Waals surface area (Å²) in [4.78, 5) is 4.93. The topological polar surface area (TPSA) is 38.9 Å². The fraction of sp³-hybridized carbons (Fsp3) is 0.667. The minimum atomic E-state index is -1.17. The second-order valence-corrected chi connectivity index (χ2v) is 4.63. The standard InChI is InChI=1S/C9H13FN2S/c10-9(5-11,7-1-2-7)3-8-4-12-6-13-8/h4,6-7H,1-3,5,11H2. The number of hydrogen-bond donors (Lipinski definition) is 1. The van der Waals surface area contributed by atoms with Crippen molar-refractivity contribution in [2.75, 3.05) is 6.54 Å². The zero-order valence-electron chi connectivity index (χ0n) is 7.37. The van der Waals surface area contributed by atoms with Gasteiger partial charge in [-0.1, -0.05) is 0 Å². The van der Waals surface area contributed by atoms with Crippen molar-refractivity contribution in [3.05, 3.63) is 16.6 Å². The largest absolute Gasteiger partial charge is 0.328 e. The molecule has 2 nitrogen and oxygen atoms in total. The van der Waals surface area contributed by atoms with Crippen LogP contribution in [-0.2, 0) is 6.42 Å². The van der Waals surface area contributed by atoms with E-state index in [1.165, 1.54) is 11.3 Å². The molecule has 0 bridgehead atoms. The summed E-state index contributed by atoms with van der Waals surface area (Å²) < 4.78 is 14.1. The van der Waals surface area contributed by atoms with E-state index in [9.17, 15) is 4.39 Å². The third-order valence-corrected chi connectivity index (χ3v) is 3.38. The second kappa shape index (κ2) is 3.35. The fourth-order valence-corrected chi connectivity index (χ4v) is 2.31. The van der Waals surface area contributed by atoms with Gasteiger partial charge in [-0.25, -0.2) is 4.39 Å². The maximum absolute atomic E-state index is 14.1. The van der Waals surface area contributed by atoms with E-state index in [0.717, 1.165) is 17.7 Å². The van der Waals surface area contributed by atoms with Crippen LogP contribution in [0.3, 0.4) is 0 Å². The van der Waals surface area contributed by atoms with Crippen molar-refractivity contribution in [1.82, 2.24) is 4.98 Å². The minimum absolute atomic E-state index is 0.134. The lowest BCUT2D eigenvalue weighted by Gasteiger charge is -2.22. The van der Waals surface area contributed by atoms with Crippen molar-refractivity contribution in [2.45, 2.75) is 24.9 Å². The molecule has 0 amide bonds. The number of alkyl halides is 1. The van der Waals surface area contributed by atoms with Gasteiger partial charge in [0.15, 0.2) is 0 Å². The molecule has 1 fully saturated rings. The first kappa shape index (κ1) is 9.09. The van der Waals surface area contributed by atoms with E-state index in [-0.39, 0.29) is 12.5 Å². The van der Waals surface area contributed by atoms with Gasteiger partial charge in [-0.3, -0.25) is 4.98 Å². The van der Waals surface area contributed by atoms with E-state index in [1.807, 2.05) is 0 Å². The molecule has 1 aromatic rings. The molecule has 2 N–H and O–H groups in total. The zero-order valence-corrected chi connectivity index (χ0v) is 8.19. The van der Waals surface area contributed by atoms with E-state index in [0.29, 0.717) is 6.42 Å². The molecule has 13 heavy (non-hydrogen) atoms. The third kappa shape index (κ3) is 1.89.